The van der Waals surface area contributed by atoms with E-state index in [4.69, 9.17) is 9.84 Å². The molecule has 0 atom stereocenters. The van der Waals surface area contributed by atoms with E-state index in [1.165, 1.54) is 0 Å². The number of hydrogen-bond acceptors (Lipinski definition) is 3. The minimum atomic E-state index is 0.195. The van der Waals surface area contributed by atoms with Crippen molar-refractivity contribution in [2.45, 2.75) is 12.8 Å². The fourth-order valence-corrected chi connectivity index (χ4v) is 1.53. The predicted octanol–water partition coefficient (Wildman–Crippen LogP) is 1.50. The number of imidazole rings is 1. The van der Waals surface area contributed by atoms with E-state index >= 15 is 0 Å². The molecule has 0 amide bonds. The largest absolute Gasteiger partial charge is 0.497 e. The van der Waals surface area contributed by atoms with Gasteiger partial charge >= 0.3 is 0 Å². The van der Waals surface area contributed by atoms with Crippen molar-refractivity contribution in [3.63, 3.8) is 0 Å². The summed E-state index contributed by atoms with van der Waals surface area (Å²) in [5.74, 6) is 1.73. The minimum absolute atomic E-state index is 0.195. The maximum atomic E-state index is 8.72. The first-order chi connectivity index (χ1) is 7.33. The number of H-pyrrole nitrogens is 1. The van der Waals surface area contributed by atoms with E-state index in [-0.39, 0.29) is 6.61 Å². The normalized spacial score (nSPS) is 10.8. The highest BCUT2D eigenvalue weighted by Gasteiger charge is 2.03. The molecule has 0 unspecified atom stereocenters. The van der Waals surface area contributed by atoms with E-state index in [1.807, 2.05) is 18.2 Å². The molecular weight excluding hydrogens is 192 g/mol. The number of aromatic amines is 1. The van der Waals surface area contributed by atoms with Crippen LogP contribution in [0.4, 0.5) is 0 Å². The number of ether oxygens (including phenoxy) is 1. The first-order valence-corrected chi connectivity index (χ1v) is 4.97. The molecule has 0 aliphatic carbocycles. The summed E-state index contributed by atoms with van der Waals surface area (Å²) in [6.45, 7) is 0.195. The predicted molar refractivity (Wildman–Crippen MR) is 58.1 cm³/mol. The Morgan fingerprint density at radius 1 is 1.47 bits per heavy atom. The van der Waals surface area contributed by atoms with Crippen molar-refractivity contribution in [1.82, 2.24) is 9.97 Å². The number of nitrogens with zero attached hydrogens (tertiary/aromatic N) is 1. The highest BCUT2D eigenvalue weighted by molar-refractivity contribution is 5.76. The van der Waals surface area contributed by atoms with Crippen LogP contribution in [-0.2, 0) is 6.42 Å². The third kappa shape index (κ3) is 2.10. The minimum Gasteiger partial charge on any atom is -0.497 e. The van der Waals surface area contributed by atoms with Crippen molar-refractivity contribution in [1.29, 1.82) is 0 Å². The molecule has 0 aliphatic heterocycles. The van der Waals surface area contributed by atoms with Gasteiger partial charge in [0.1, 0.15) is 11.6 Å². The van der Waals surface area contributed by atoms with Crippen molar-refractivity contribution in [3.05, 3.63) is 24.0 Å². The van der Waals surface area contributed by atoms with Gasteiger partial charge in [-0.1, -0.05) is 0 Å². The smallest absolute Gasteiger partial charge is 0.121 e. The number of rotatable bonds is 4. The van der Waals surface area contributed by atoms with Crippen LogP contribution in [0.5, 0.6) is 5.75 Å². The number of aromatic nitrogens is 2. The molecule has 0 spiro atoms. The molecule has 0 bridgehead atoms. The van der Waals surface area contributed by atoms with Crippen LogP contribution < -0.4 is 4.74 Å². The number of aryl methyl sites for hydroxylation is 1. The van der Waals surface area contributed by atoms with Crippen molar-refractivity contribution in [2.24, 2.45) is 0 Å². The monoisotopic (exact) mass is 206 g/mol. The van der Waals surface area contributed by atoms with Crippen LogP contribution in [0.15, 0.2) is 18.2 Å². The van der Waals surface area contributed by atoms with Gasteiger partial charge in [0.25, 0.3) is 0 Å². The zero-order chi connectivity index (χ0) is 10.7. The van der Waals surface area contributed by atoms with Crippen molar-refractivity contribution in [3.8, 4) is 5.75 Å². The SMILES string of the molecule is COc1ccc2nc(CCCO)[nH]c2c1. The molecule has 0 aliphatic rings. The van der Waals surface area contributed by atoms with Gasteiger partial charge in [-0.3, -0.25) is 0 Å². The Bertz CT molecular complexity index is 451. The zero-order valence-corrected chi connectivity index (χ0v) is 8.66. The van der Waals surface area contributed by atoms with Crippen LogP contribution in [0.25, 0.3) is 11.0 Å². The quantitative estimate of drug-likeness (QED) is 0.797. The second-order valence-corrected chi connectivity index (χ2v) is 3.39. The molecule has 0 fully saturated rings. The Morgan fingerprint density at radius 3 is 3.07 bits per heavy atom. The number of nitrogens with one attached hydrogen (secondary N) is 1. The summed E-state index contributed by atoms with van der Waals surface area (Å²) in [5.41, 5.74) is 1.91. The average molecular weight is 206 g/mol. The topological polar surface area (TPSA) is 58.1 Å². The van der Waals surface area contributed by atoms with Crippen LogP contribution in [0.2, 0.25) is 0 Å². The zero-order valence-electron chi connectivity index (χ0n) is 8.66. The highest BCUT2D eigenvalue weighted by Crippen LogP contribution is 2.18. The van der Waals surface area contributed by atoms with Gasteiger partial charge in [-0.25, -0.2) is 4.98 Å². The van der Waals surface area contributed by atoms with Gasteiger partial charge in [-0.15, -0.1) is 0 Å². The van der Waals surface area contributed by atoms with Crippen molar-refractivity contribution < 1.29 is 9.84 Å². The lowest BCUT2D eigenvalue weighted by Gasteiger charge is -1.96. The van der Waals surface area contributed by atoms with Crippen LogP contribution in [0.1, 0.15) is 12.2 Å². The van der Waals surface area contributed by atoms with Gasteiger partial charge in [0.15, 0.2) is 0 Å². The van der Waals surface area contributed by atoms with Gasteiger partial charge in [-0.05, 0) is 18.6 Å². The molecule has 0 saturated carbocycles. The standard InChI is InChI=1S/C11H14N2O2/c1-15-8-4-5-9-10(7-8)13-11(12-9)3-2-6-14/h4-5,7,14H,2-3,6H2,1H3,(H,12,13). The fraction of sp³-hybridized carbons (Fsp3) is 0.364. The van der Waals surface area contributed by atoms with Gasteiger partial charge in [0, 0.05) is 19.1 Å². The Hall–Kier alpha value is -1.55. The summed E-state index contributed by atoms with van der Waals surface area (Å²) in [4.78, 5) is 7.61. The van der Waals surface area contributed by atoms with Crippen LogP contribution in [0, 0.1) is 0 Å². The van der Waals surface area contributed by atoms with Gasteiger partial charge < -0.3 is 14.8 Å². The van der Waals surface area contributed by atoms with Gasteiger partial charge in [-0.2, -0.15) is 0 Å². The summed E-state index contributed by atoms with van der Waals surface area (Å²) < 4.78 is 5.12. The molecule has 4 nitrogen and oxygen atoms in total. The number of fused-ring (bicyclic) bond motifs is 1. The Labute approximate surface area is 87.9 Å². The molecule has 0 radical (unpaired) electrons. The van der Waals surface area contributed by atoms with E-state index in [0.29, 0.717) is 0 Å². The number of aliphatic hydroxyl groups excluding tert-OH is 1. The number of methoxy groups -OCH3 is 1. The Morgan fingerprint density at radius 2 is 2.33 bits per heavy atom. The van der Waals surface area contributed by atoms with Crippen molar-refractivity contribution in [2.75, 3.05) is 13.7 Å². The summed E-state index contributed by atoms with van der Waals surface area (Å²) in [6.07, 6.45) is 1.50. The summed E-state index contributed by atoms with van der Waals surface area (Å²) in [5, 5.41) is 8.72. The molecule has 2 aromatic rings. The lowest BCUT2D eigenvalue weighted by molar-refractivity contribution is 0.287. The lowest BCUT2D eigenvalue weighted by Crippen LogP contribution is -1.90. The van der Waals surface area contributed by atoms with Crippen molar-refractivity contribution >= 4 is 11.0 Å². The van der Waals surface area contributed by atoms with E-state index in [1.54, 1.807) is 7.11 Å². The molecule has 80 valence electrons. The van der Waals surface area contributed by atoms with Crippen LogP contribution in [-0.4, -0.2) is 28.8 Å². The molecular formula is C11H14N2O2. The van der Waals surface area contributed by atoms with E-state index in [0.717, 1.165) is 35.4 Å². The van der Waals surface area contributed by atoms with Gasteiger partial charge in [0.2, 0.25) is 0 Å². The molecule has 4 heteroatoms. The first-order valence-electron chi connectivity index (χ1n) is 4.97. The second kappa shape index (κ2) is 4.31. The molecule has 1 aromatic heterocycles. The molecule has 1 heterocycles. The first kappa shape index (κ1) is 9.98. The second-order valence-electron chi connectivity index (χ2n) is 3.39. The number of benzene rings is 1. The number of aliphatic hydroxyl groups is 1. The lowest BCUT2D eigenvalue weighted by atomic mass is 10.3. The fourth-order valence-electron chi connectivity index (χ4n) is 1.53. The van der Waals surface area contributed by atoms with E-state index < -0.39 is 0 Å². The average Bonchev–Trinajstić information content (AvgIpc) is 2.67. The molecule has 0 saturated heterocycles. The van der Waals surface area contributed by atoms with E-state index in [2.05, 4.69) is 9.97 Å². The highest BCUT2D eigenvalue weighted by atomic mass is 16.5. The summed E-state index contributed by atoms with van der Waals surface area (Å²) in [7, 11) is 1.64. The van der Waals surface area contributed by atoms with Gasteiger partial charge in [0.05, 0.1) is 18.1 Å². The molecule has 2 N–H and O–H groups in total. The third-order valence-corrected chi connectivity index (χ3v) is 2.31. The maximum Gasteiger partial charge on any atom is 0.121 e. The summed E-state index contributed by atoms with van der Waals surface area (Å²) >= 11 is 0. The van der Waals surface area contributed by atoms with Crippen LogP contribution in [0.3, 0.4) is 0 Å². The molecule has 1 aromatic carbocycles. The molecule has 15 heavy (non-hydrogen) atoms. The Kier molecular flexibility index (Phi) is 2.87. The summed E-state index contributed by atoms with van der Waals surface area (Å²) in [6, 6.07) is 5.73. The number of hydrogen-bond donors (Lipinski definition) is 2. The molecule has 2 rings (SSSR count). The van der Waals surface area contributed by atoms with Crippen LogP contribution >= 0.6 is 0 Å². The van der Waals surface area contributed by atoms with E-state index in [9.17, 15) is 0 Å². The maximum absolute atomic E-state index is 8.72. The third-order valence-electron chi connectivity index (χ3n) is 2.31. The Balaban J connectivity index is 2.29.